The van der Waals surface area contributed by atoms with E-state index >= 15 is 0 Å². The number of hydrogen-bond donors (Lipinski definition) is 0. The SMILES string of the molecule is CCCCCCCC[SiH](CCl)CCCCCCCC. The lowest BCUT2D eigenvalue weighted by atomic mass is 10.1. The van der Waals surface area contributed by atoms with Gasteiger partial charge in [-0.1, -0.05) is 103 Å². The highest BCUT2D eigenvalue weighted by molar-refractivity contribution is 6.67. The van der Waals surface area contributed by atoms with E-state index in [0.29, 0.717) is 0 Å². The molecule has 0 N–H and O–H groups in total. The Balaban J connectivity index is 3.30. The standard InChI is InChI=1S/C17H37ClSi/c1-3-5-7-9-11-13-15-19(17-18)16-14-12-10-8-6-4-2/h19H,3-17H2,1-2H3. The van der Waals surface area contributed by atoms with Crippen LogP contribution in [0.2, 0.25) is 12.1 Å². The molecule has 0 atom stereocenters. The average molecular weight is 305 g/mol. The van der Waals surface area contributed by atoms with Gasteiger partial charge < -0.3 is 0 Å². The van der Waals surface area contributed by atoms with Gasteiger partial charge in [0.15, 0.2) is 0 Å². The molecule has 0 aromatic rings. The van der Waals surface area contributed by atoms with E-state index in [0.717, 1.165) is 5.50 Å². The van der Waals surface area contributed by atoms with Crippen molar-refractivity contribution in [3.8, 4) is 0 Å². The Morgan fingerprint density at radius 3 is 1.32 bits per heavy atom. The highest BCUT2D eigenvalue weighted by atomic mass is 35.5. The zero-order valence-corrected chi connectivity index (χ0v) is 15.5. The molecule has 0 aliphatic heterocycles. The Morgan fingerprint density at radius 1 is 0.579 bits per heavy atom. The topological polar surface area (TPSA) is 0 Å². The van der Waals surface area contributed by atoms with E-state index in [1.165, 1.54) is 89.1 Å². The Morgan fingerprint density at radius 2 is 0.947 bits per heavy atom. The van der Waals surface area contributed by atoms with Gasteiger partial charge in [0.25, 0.3) is 0 Å². The van der Waals surface area contributed by atoms with Gasteiger partial charge in [-0.15, -0.1) is 11.6 Å². The van der Waals surface area contributed by atoms with E-state index in [1.807, 2.05) is 0 Å². The van der Waals surface area contributed by atoms with Gasteiger partial charge in [0.2, 0.25) is 0 Å². The van der Waals surface area contributed by atoms with Crippen molar-refractivity contribution in [1.82, 2.24) is 0 Å². The summed E-state index contributed by atoms with van der Waals surface area (Å²) < 4.78 is 0. The number of alkyl halides is 1. The molecule has 2 heteroatoms. The zero-order valence-electron chi connectivity index (χ0n) is 13.6. The van der Waals surface area contributed by atoms with Gasteiger partial charge in [-0.2, -0.15) is 0 Å². The molecular formula is C17H37ClSi. The van der Waals surface area contributed by atoms with Gasteiger partial charge in [0, 0.05) is 5.50 Å². The molecule has 0 saturated heterocycles. The summed E-state index contributed by atoms with van der Waals surface area (Å²) in [5.41, 5.74) is 1.02. The van der Waals surface area contributed by atoms with Crippen LogP contribution >= 0.6 is 11.6 Å². The fraction of sp³-hybridized carbons (Fsp3) is 1.00. The van der Waals surface area contributed by atoms with Gasteiger partial charge in [-0.25, -0.2) is 0 Å². The average Bonchev–Trinajstić information content (AvgIpc) is 2.44. The van der Waals surface area contributed by atoms with E-state index in [1.54, 1.807) is 0 Å². The molecule has 0 nitrogen and oxygen atoms in total. The zero-order chi connectivity index (χ0) is 14.2. The molecule has 0 aromatic heterocycles. The van der Waals surface area contributed by atoms with E-state index in [4.69, 9.17) is 11.6 Å². The Hall–Kier alpha value is 0.507. The molecule has 0 bridgehead atoms. The summed E-state index contributed by atoms with van der Waals surface area (Å²) in [6, 6.07) is 3.01. The maximum Gasteiger partial charge on any atom is 0.0540 e. The molecule has 0 fully saturated rings. The first-order valence-electron chi connectivity index (χ1n) is 8.91. The quantitative estimate of drug-likeness (QED) is 0.179. The second kappa shape index (κ2) is 16.6. The van der Waals surface area contributed by atoms with Crippen molar-refractivity contribution in [2.24, 2.45) is 0 Å². The molecule has 0 saturated carbocycles. The molecule has 0 heterocycles. The molecular weight excluding hydrogens is 268 g/mol. The molecule has 0 spiro atoms. The molecule has 116 valence electrons. The summed E-state index contributed by atoms with van der Waals surface area (Å²) in [4.78, 5) is 0. The van der Waals surface area contributed by atoms with E-state index in [2.05, 4.69) is 13.8 Å². The molecule has 0 aliphatic rings. The molecule has 19 heavy (non-hydrogen) atoms. The molecule has 0 amide bonds. The molecule has 0 aromatic carbocycles. The summed E-state index contributed by atoms with van der Waals surface area (Å²) in [6.45, 7) is 4.58. The van der Waals surface area contributed by atoms with Crippen LogP contribution in [0.1, 0.15) is 90.9 Å². The van der Waals surface area contributed by atoms with E-state index in [9.17, 15) is 0 Å². The predicted molar refractivity (Wildman–Crippen MR) is 94.2 cm³/mol. The van der Waals surface area contributed by atoms with Gasteiger partial charge >= 0.3 is 0 Å². The number of rotatable bonds is 15. The van der Waals surface area contributed by atoms with Crippen molar-refractivity contribution < 1.29 is 0 Å². The second-order valence-corrected chi connectivity index (χ2v) is 10.3. The normalized spacial score (nSPS) is 11.4. The summed E-state index contributed by atoms with van der Waals surface area (Å²) in [5.74, 6) is 0. The van der Waals surface area contributed by atoms with Crippen molar-refractivity contribution in [2.45, 2.75) is 103 Å². The van der Waals surface area contributed by atoms with Crippen molar-refractivity contribution in [1.29, 1.82) is 0 Å². The lowest BCUT2D eigenvalue weighted by Crippen LogP contribution is -2.14. The van der Waals surface area contributed by atoms with Crippen LogP contribution in [0.4, 0.5) is 0 Å². The Labute approximate surface area is 129 Å². The second-order valence-electron chi connectivity index (χ2n) is 6.13. The lowest BCUT2D eigenvalue weighted by Gasteiger charge is -2.12. The summed E-state index contributed by atoms with van der Waals surface area (Å²) in [5, 5.41) is 0. The van der Waals surface area contributed by atoms with Crippen LogP contribution in [0.15, 0.2) is 0 Å². The van der Waals surface area contributed by atoms with Crippen molar-refractivity contribution in [2.75, 3.05) is 5.50 Å². The van der Waals surface area contributed by atoms with Gasteiger partial charge in [0.05, 0.1) is 8.80 Å². The first-order chi connectivity index (χ1) is 9.35. The smallest absolute Gasteiger partial charge is 0.0540 e. The lowest BCUT2D eigenvalue weighted by molar-refractivity contribution is 0.617. The fourth-order valence-electron chi connectivity index (χ4n) is 2.73. The number of halogens is 1. The summed E-state index contributed by atoms with van der Waals surface area (Å²) >= 11 is 6.15. The highest BCUT2D eigenvalue weighted by Crippen LogP contribution is 2.15. The number of unbranched alkanes of at least 4 members (excludes halogenated alkanes) is 10. The van der Waals surface area contributed by atoms with Crippen LogP contribution < -0.4 is 0 Å². The van der Waals surface area contributed by atoms with Crippen LogP contribution in [0.25, 0.3) is 0 Å². The molecule has 0 aliphatic carbocycles. The largest absolute Gasteiger partial charge is 0.131 e. The summed E-state index contributed by atoms with van der Waals surface area (Å²) in [6.07, 6.45) is 17.2. The first-order valence-corrected chi connectivity index (χ1v) is 11.9. The van der Waals surface area contributed by atoms with Crippen LogP contribution in [0.5, 0.6) is 0 Å². The Bertz CT molecular complexity index is 145. The monoisotopic (exact) mass is 304 g/mol. The van der Waals surface area contributed by atoms with Crippen LogP contribution in [0, 0.1) is 0 Å². The van der Waals surface area contributed by atoms with Gasteiger partial charge in [0.1, 0.15) is 0 Å². The molecule has 0 radical (unpaired) electrons. The predicted octanol–water partition coefficient (Wildman–Crippen LogP) is 6.71. The maximum absolute atomic E-state index is 6.15. The summed E-state index contributed by atoms with van der Waals surface area (Å²) in [7, 11) is -0.565. The minimum atomic E-state index is -0.565. The van der Waals surface area contributed by atoms with Crippen molar-refractivity contribution >= 4 is 20.4 Å². The number of hydrogen-bond acceptors (Lipinski definition) is 0. The third kappa shape index (κ3) is 14.7. The van der Waals surface area contributed by atoms with Crippen LogP contribution in [0.3, 0.4) is 0 Å². The Kier molecular flexibility index (Phi) is 17.0. The third-order valence-corrected chi connectivity index (χ3v) is 8.35. The minimum absolute atomic E-state index is 0.565. The van der Waals surface area contributed by atoms with Crippen molar-refractivity contribution in [3.05, 3.63) is 0 Å². The third-order valence-electron chi connectivity index (χ3n) is 4.15. The maximum atomic E-state index is 6.15. The van der Waals surface area contributed by atoms with E-state index in [-0.39, 0.29) is 0 Å². The highest BCUT2D eigenvalue weighted by Gasteiger charge is 2.08. The fourth-order valence-corrected chi connectivity index (χ4v) is 5.98. The van der Waals surface area contributed by atoms with Crippen molar-refractivity contribution in [3.63, 3.8) is 0 Å². The van der Waals surface area contributed by atoms with E-state index < -0.39 is 8.80 Å². The van der Waals surface area contributed by atoms with Crippen LogP contribution in [-0.4, -0.2) is 14.3 Å². The van der Waals surface area contributed by atoms with Gasteiger partial charge in [-0.05, 0) is 0 Å². The first kappa shape index (κ1) is 19.5. The van der Waals surface area contributed by atoms with Gasteiger partial charge in [-0.3, -0.25) is 0 Å². The minimum Gasteiger partial charge on any atom is -0.131 e. The molecule has 0 unspecified atom stereocenters. The molecule has 0 rings (SSSR count). The van der Waals surface area contributed by atoms with Crippen LogP contribution in [-0.2, 0) is 0 Å².